The summed E-state index contributed by atoms with van der Waals surface area (Å²) in [6.45, 7) is 1.15. The molecule has 3 aromatic rings. The van der Waals surface area contributed by atoms with E-state index in [1.807, 2.05) is 35.2 Å². The van der Waals surface area contributed by atoms with E-state index in [1.165, 1.54) is 6.42 Å². The van der Waals surface area contributed by atoms with Crippen LogP contribution in [-0.2, 0) is 17.8 Å². The fraction of sp³-hybridized carbons (Fsp3) is 0.357. The van der Waals surface area contributed by atoms with Crippen LogP contribution in [0.4, 0.5) is 5.69 Å². The van der Waals surface area contributed by atoms with Crippen LogP contribution in [0, 0.1) is 5.92 Å². The fourth-order valence-electron chi connectivity index (χ4n) is 4.89. The van der Waals surface area contributed by atoms with E-state index < -0.39 is 0 Å². The Hall–Kier alpha value is -3.54. The van der Waals surface area contributed by atoms with Crippen LogP contribution in [0.5, 0.6) is 5.75 Å². The van der Waals surface area contributed by atoms with E-state index >= 15 is 0 Å². The van der Waals surface area contributed by atoms with Crippen LogP contribution >= 0.6 is 0 Å². The van der Waals surface area contributed by atoms with Crippen molar-refractivity contribution in [3.05, 3.63) is 71.5 Å². The van der Waals surface area contributed by atoms with Gasteiger partial charge in [-0.1, -0.05) is 19.3 Å². The molecule has 5 rings (SSSR count). The molecular formula is C28H30N2O4. The smallest absolute Gasteiger partial charge is 0.254 e. The van der Waals surface area contributed by atoms with Crippen molar-refractivity contribution in [3.63, 3.8) is 0 Å². The van der Waals surface area contributed by atoms with Crippen LogP contribution in [0.1, 0.15) is 53.8 Å². The number of carbonyl (C=O) groups is 2. The van der Waals surface area contributed by atoms with Crippen LogP contribution in [-0.4, -0.2) is 30.4 Å². The van der Waals surface area contributed by atoms with Gasteiger partial charge in [0.2, 0.25) is 5.91 Å². The number of hydrogen-bond acceptors (Lipinski definition) is 4. The standard InChI is InChI=1S/C28H30N2O4/c1-33-24-13-9-21(10-14-24)28(32)30-16-15-25-22(18-30)17-26(34-25)19-7-11-23(12-8-19)29-27(31)20-5-3-2-4-6-20/h7-14,17,20H,2-6,15-16,18H2,1H3,(H,29,31). The molecule has 0 atom stereocenters. The van der Waals surface area contributed by atoms with Crippen molar-refractivity contribution < 1.29 is 18.7 Å². The SMILES string of the molecule is COc1ccc(C(=O)N2CCc3oc(-c4ccc(NC(=O)C5CCCCC5)cc4)cc3C2)cc1. The quantitative estimate of drug-likeness (QED) is 0.535. The van der Waals surface area contributed by atoms with Gasteiger partial charge in [-0.25, -0.2) is 0 Å². The maximum atomic E-state index is 12.9. The topological polar surface area (TPSA) is 71.8 Å². The molecule has 1 saturated carbocycles. The Balaban J connectivity index is 1.24. The van der Waals surface area contributed by atoms with Gasteiger partial charge in [-0.15, -0.1) is 0 Å². The van der Waals surface area contributed by atoms with E-state index in [0.29, 0.717) is 25.1 Å². The van der Waals surface area contributed by atoms with Crippen molar-refractivity contribution in [1.82, 2.24) is 4.90 Å². The van der Waals surface area contributed by atoms with E-state index in [2.05, 4.69) is 5.32 Å². The number of nitrogens with zero attached hydrogens (tertiary/aromatic N) is 1. The number of fused-ring (bicyclic) bond motifs is 1. The Bertz CT molecular complexity index is 1160. The highest BCUT2D eigenvalue weighted by molar-refractivity contribution is 5.94. The number of methoxy groups -OCH3 is 1. The zero-order chi connectivity index (χ0) is 23.5. The summed E-state index contributed by atoms with van der Waals surface area (Å²) >= 11 is 0. The highest BCUT2D eigenvalue weighted by atomic mass is 16.5. The first-order valence-electron chi connectivity index (χ1n) is 12.1. The summed E-state index contributed by atoms with van der Waals surface area (Å²) in [5, 5.41) is 3.06. The van der Waals surface area contributed by atoms with Gasteiger partial charge < -0.3 is 19.4 Å². The summed E-state index contributed by atoms with van der Waals surface area (Å²) in [5.74, 6) is 2.72. The molecule has 6 heteroatoms. The van der Waals surface area contributed by atoms with E-state index in [4.69, 9.17) is 9.15 Å². The van der Waals surface area contributed by atoms with Crippen LogP contribution < -0.4 is 10.1 Å². The third kappa shape index (κ3) is 4.72. The lowest BCUT2D eigenvalue weighted by molar-refractivity contribution is -0.120. The molecule has 0 unspecified atom stereocenters. The number of rotatable bonds is 5. The number of ether oxygens (including phenoxy) is 1. The van der Waals surface area contributed by atoms with E-state index in [-0.39, 0.29) is 17.7 Å². The predicted octanol–water partition coefficient (Wildman–Crippen LogP) is 5.67. The van der Waals surface area contributed by atoms with E-state index in [1.54, 1.807) is 31.4 Å². The minimum Gasteiger partial charge on any atom is -0.497 e. The molecule has 1 aliphatic heterocycles. The molecule has 0 saturated heterocycles. The molecule has 1 aromatic heterocycles. The summed E-state index contributed by atoms with van der Waals surface area (Å²) in [4.78, 5) is 27.3. The van der Waals surface area contributed by atoms with Gasteiger partial charge in [-0.3, -0.25) is 9.59 Å². The summed E-state index contributed by atoms with van der Waals surface area (Å²) in [6.07, 6.45) is 6.18. The lowest BCUT2D eigenvalue weighted by atomic mass is 9.88. The molecule has 1 fully saturated rings. The Morgan fingerprint density at radius 1 is 1.00 bits per heavy atom. The fourth-order valence-corrected chi connectivity index (χ4v) is 4.89. The predicted molar refractivity (Wildman–Crippen MR) is 131 cm³/mol. The third-order valence-electron chi connectivity index (χ3n) is 6.90. The molecule has 2 heterocycles. The lowest BCUT2D eigenvalue weighted by Crippen LogP contribution is -2.35. The number of hydrogen-bond donors (Lipinski definition) is 1. The summed E-state index contributed by atoms with van der Waals surface area (Å²) in [7, 11) is 1.61. The number of amides is 2. The summed E-state index contributed by atoms with van der Waals surface area (Å²) in [5.41, 5.74) is 3.46. The maximum absolute atomic E-state index is 12.9. The minimum atomic E-state index is 0.00844. The highest BCUT2D eigenvalue weighted by Crippen LogP contribution is 2.31. The highest BCUT2D eigenvalue weighted by Gasteiger charge is 2.25. The molecular weight excluding hydrogens is 428 g/mol. The monoisotopic (exact) mass is 458 g/mol. The molecule has 1 aliphatic carbocycles. The Kier molecular flexibility index (Phi) is 6.39. The Morgan fingerprint density at radius 3 is 2.44 bits per heavy atom. The van der Waals surface area contributed by atoms with Crippen molar-refractivity contribution in [2.24, 2.45) is 5.92 Å². The lowest BCUT2D eigenvalue weighted by Gasteiger charge is -2.26. The van der Waals surface area contributed by atoms with Crippen molar-refractivity contribution in [3.8, 4) is 17.1 Å². The molecule has 0 spiro atoms. The van der Waals surface area contributed by atoms with Gasteiger partial charge in [-0.2, -0.15) is 0 Å². The number of furan rings is 1. The molecule has 2 aromatic carbocycles. The first-order chi connectivity index (χ1) is 16.6. The second kappa shape index (κ2) is 9.75. The van der Waals surface area contributed by atoms with Crippen molar-refractivity contribution in [2.45, 2.75) is 45.1 Å². The van der Waals surface area contributed by atoms with Gasteiger partial charge in [0.1, 0.15) is 17.3 Å². The zero-order valence-corrected chi connectivity index (χ0v) is 19.5. The van der Waals surface area contributed by atoms with Crippen molar-refractivity contribution >= 4 is 17.5 Å². The second-order valence-corrected chi connectivity index (χ2v) is 9.17. The molecule has 34 heavy (non-hydrogen) atoms. The number of nitrogens with one attached hydrogen (secondary N) is 1. The van der Waals surface area contributed by atoms with Gasteiger partial charge in [-0.05, 0) is 67.4 Å². The summed E-state index contributed by atoms with van der Waals surface area (Å²) in [6, 6.07) is 17.0. The van der Waals surface area contributed by atoms with Crippen LogP contribution in [0.2, 0.25) is 0 Å². The van der Waals surface area contributed by atoms with Gasteiger partial charge in [0.15, 0.2) is 0 Å². The van der Waals surface area contributed by atoms with Crippen molar-refractivity contribution in [2.75, 3.05) is 19.0 Å². The minimum absolute atomic E-state index is 0.00844. The van der Waals surface area contributed by atoms with E-state index in [9.17, 15) is 9.59 Å². The number of benzene rings is 2. The molecule has 176 valence electrons. The normalized spacial score (nSPS) is 16.1. The Labute approximate surface area is 199 Å². The van der Waals surface area contributed by atoms with Gasteiger partial charge in [0.25, 0.3) is 5.91 Å². The number of carbonyl (C=O) groups excluding carboxylic acids is 2. The second-order valence-electron chi connectivity index (χ2n) is 9.17. The molecule has 0 radical (unpaired) electrons. The zero-order valence-electron chi connectivity index (χ0n) is 19.5. The summed E-state index contributed by atoms with van der Waals surface area (Å²) < 4.78 is 11.3. The van der Waals surface area contributed by atoms with Gasteiger partial charge in [0, 0.05) is 47.8 Å². The Morgan fingerprint density at radius 2 is 1.74 bits per heavy atom. The average Bonchev–Trinajstić information content (AvgIpc) is 3.33. The molecule has 1 N–H and O–H groups in total. The van der Waals surface area contributed by atoms with Crippen LogP contribution in [0.25, 0.3) is 11.3 Å². The average molecular weight is 459 g/mol. The molecule has 0 bridgehead atoms. The first kappa shape index (κ1) is 22.3. The maximum Gasteiger partial charge on any atom is 0.254 e. The van der Waals surface area contributed by atoms with Gasteiger partial charge >= 0.3 is 0 Å². The molecule has 6 nitrogen and oxygen atoms in total. The number of anilines is 1. The molecule has 2 aliphatic rings. The largest absolute Gasteiger partial charge is 0.497 e. The van der Waals surface area contributed by atoms with Crippen LogP contribution in [0.3, 0.4) is 0 Å². The van der Waals surface area contributed by atoms with E-state index in [0.717, 1.165) is 59.8 Å². The van der Waals surface area contributed by atoms with Crippen LogP contribution in [0.15, 0.2) is 59.0 Å². The van der Waals surface area contributed by atoms with Crippen molar-refractivity contribution in [1.29, 1.82) is 0 Å². The molecule has 2 amide bonds. The third-order valence-corrected chi connectivity index (χ3v) is 6.90. The first-order valence-corrected chi connectivity index (χ1v) is 12.1. The van der Waals surface area contributed by atoms with Gasteiger partial charge in [0.05, 0.1) is 7.11 Å².